The normalized spacial score (nSPS) is 17.0. The average Bonchev–Trinajstić information content (AvgIpc) is 3.57. The van der Waals surface area contributed by atoms with Gasteiger partial charge in [-0.05, 0) is 72.9 Å². The molecule has 13 heteroatoms. The molecule has 1 fully saturated rings. The maximum absolute atomic E-state index is 14.7. The molecule has 4 aromatic rings. The number of alkyl carbamates (subject to hydrolysis) is 1. The van der Waals surface area contributed by atoms with Crippen LogP contribution in [0.2, 0.25) is 0 Å². The van der Waals surface area contributed by atoms with Gasteiger partial charge in [0.2, 0.25) is 11.8 Å². The highest BCUT2D eigenvalue weighted by molar-refractivity contribution is 5.86. The molecule has 13 nitrogen and oxygen atoms in total. The van der Waals surface area contributed by atoms with Crippen molar-refractivity contribution in [1.29, 1.82) is 0 Å². The molecule has 2 unspecified atom stereocenters. The van der Waals surface area contributed by atoms with Crippen molar-refractivity contribution in [3.8, 4) is 11.3 Å². The van der Waals surface area contributed by atoms with E-state index in [1.54, 1.807) is 11.1 Å². The number of rotatable bonds is 18. The van der Waals surface area contributed by atoms with Crippen LogP contribution in [0, 0.1) is 24.2 Å². The molecule has 2 aromatic carbocycles. The lowest BCUT2D eigenvalue weighted by Crippen LogP contribution is -2.57. The minimum Gasteiger partial charge on any atom is -0.453 e. The Bertz CT molecular complexity index is 2030. The second-order valence-corrected chi connectivity index (χ2v) is 16.9. The van der Waals surface area contributed by atoms with E-state index in [4.69, 9.17) is 4.74 Å². The molecule has 0 spiro atoms. The highest BCUT2D eigenvalue weighted by Gasteiger charge is 2.43. The number of urea groups is 1. The molecule has 7 atom stereocenters. The van der Waals surface area contributed by atoms with E-state index >= 15 is 0 Å². The minimum atomic E-state index is -1.12. The number of carbonyl (C=O) groups excluding carboxylic acids is 4. The highest BCUT2D eigenvalue weighted by Crippen LogP contribution is 2.29. The van der Waals surface area contributed by atoms with Crippen molar-refractivity contribution in [1.82, 2.24) is 36.1 Å². The topological polar surface area (TPSA) is 175 Å². The summed E-state index contributed by atoms with van der Waals surface area (Å²) in [7, 11) is 1.24. The summed E-state index contributed by atoms with van der Waals surface area (Å²) in [5, 5.41) is 24.3. The maximum Gasteiger partial charge on any atom is 0.407 e. The van der Waals surface area contributed by atoms with Gasteiger partial charge in [0.05, 0.1) is 49.1 Å². The van der Waals surface area contributed by atoms with Crippen LogP contribution in [0.25, 0.3) is 11.3 Å². The number of pyridine rings is 2. The Balaban J connectivity index is 1.44. The van der Waals surface area contributed by atoms with Gasteiger partial charge in [-0.25, -0.2) is 9.59 Å². The predicted molar refractivity (Wildman–Crippen MR) is 231 cm³/mol. The van der Waals surface area contributed by atoms with Crippen molar-refractivity contribution in [2.75, 3.05) is 13.7 Å². The van der Waals surface area contributed by atoms with E-state index in [2.05, 4.69) is 31.2 Å². The molecule has 1 saturated heterocycles. The summed E-state index contributed by atoms with van der Waals surface area (Å²) in [6, 6.07) is 25.9. The van der Waals surface area contributed by atoms with Crippen LogP contribution < -0.4 is 21.3 Å². The quantitative estimate of drug-likeness (QED) is 0.0815. The van der Waals surface area contributed by atoms with Gasteiger partial charge in [-0.3, -0.25) is 19.6 Å². The zero-order valence-corrected chi connectivity index (χ0v) is 35.9. The SMILES string of the molecule is CCC(C)[C@H](C(=O)N[C@@H](Cc1ccccc1)[C@@H](O)C[C@H](Cc1ccc(-c2ccccn2)cc1)NC(=O)[C@@H](NC(=O)OC)C(C)(C)C)C1CNC(=O)N1Cc1cccc(C)n1. The summed E-state index contributed by atoms with van der Waals surface area (Å²) < 4.78 is 4.85. The number of carbonyl (C=O) groups is 4. The molecule has 320 valence electrons. The molecule has 5 N–H and O–H groups in total. The molecular formula is C47H61N7O6. The van der Waals surface area contributed by atoms with Gasteiger partial charge in [0.15, 0.2) is 0 Å². The van der Waals surface area contributed by atoms with Crippen molar-refractivity contribution in [2.45, 2.75) is 104 Å². The summed E-state index contributed by atoms with van der Waals surface area (Å²) in [4.78, 5) is 65.2. The first kappa shape index (κ1) is 45.3. The summed E-state index contributed by atoms with van der Waals surface area (Å²) in [6.45, 7) is 12.0. The number of aliphatic hydroxyl groups is 1. The smallest absolute Gasteiger partial charge is 0.407 e. The zero-order valence-electron chi connectivity index (χ0n) is 35.9. The molecule has 0 aliphatic carbocycles. The Labute approximate surface area is 354 Å². The number of nitrogens with zero attached hydrogens (tertiary/aromatic N) is 3. The van der Waals surface area contributed by atoms with Gasteiger partial charge < -0.3 is 36.0 Å². The Morgan fingerprint density at radius 2 is 1.60 bits per heavy atom. The van der Waals surface area contributed by atoms with Gasteiger partial charge in [0.25, 0.3) is 0 Å². The number of aryl methyl sites for hydroxylation is 1. The van der Waals surface area contributed by atoms with Gasteiger partial charge in [0.1, 0.15) is 6.04 Å². The molecule has 1 aliphatic rings. The second kappa shape index (κ2) is 20.9. The van der Waals surface area contributed by atoms with E-state index in [9.17, 15) is 24.3 Å². The van der Waals surface area contributed by atoms with Crippen LogP contribution in [0.3, 0.4) is 0 Å². The third-order valence-electron chi connectivity index (χ3n) is 11.3. The molecular weight excluding hydrogens is 759 g/mol. The first-order chi connectivity index (χ1) is 28.7. The summed E-state index contributed by atoms with van der Waals surface area (Å²) in [6.07, 6.45) is 1.30. The number of ether oxygens (including phenoxy) is 1. The first-order valence-electron chi connectivity index (χ1n) is 20.8. The number of benzene rings is 2. The standard InChI is InChI=1S/C47H61N7O6/c1-8-30(2)41(39-28-49-45(58)54(39)29-35-18-14-15-31(3)50-35)43(56)52-38(26-32-16-10-9-11-17-32)40(55)27-36(51-44(57)42(47(4,5)6)53-46(59)60-7)25-33-20-22-34(23-21-33)37-19-12-13-24-48-37/h9-24,30,36,38-42,55H,8,25-29H2,1-7H3,(H,49,58)(H,51,57)(H,52,56)(H,53,59)/t30?,36-,38-,39?,40-,41-,42+/m0/s1. The Morgan fingerprint density at radius 3 is 2.23 bits per heavy atom. The monoisotopic (exact) mass is 819 g/mol. The van der Waals surface area contributed by atoms with Gasteiger partial charge in [-0.15, -0.1) is 0 Å². The van der Waals surface area contributed by atoms with Crippen molar-refractivity contribution < 1.29 is 29.0 Å². The Hall–Kier alpha value is -5.82. The molecule has 5 amide bonds. The van der Waals surface area contributed by atoms with E-state index in [-0.39, 0.29) is 30.8 Å². The minimum absolute atomic E-state index is 0.0726. The van der Waals surface area contributed by atoms with E-state index in [0.717, 1.165) is 33.8 Å². The van der Waals surface area contributed by atoms with Crippen molar-refractivity contribution in [3.63, 3.8) is 0 Å². The Morgan fingerprint density at radius 1 is 0.900 bits per heavy atom. The third-order valence-corrected chi connectivity index (χ3v) is 11.3. The molecule has 5 rings (SSSR count). The molecule has 1 aliphatic heterocycles. The summed E-state index contributed by atoms with van der Waals surface area (Å²) in [5.74, 6) is -1.41. The van der Waals surface area contributed by atoms with Crippen LogP contribution in [0.15, 0.2) is 97.2 Å². The maximum atomic E-state index is 14.7. The summed E-state index contributed by atoms with van der Waals surface area (Å²) >= 11 is 0. The largest absolute Gasteiger partial charge is 0.453 e. The number of amides is 5. The van der Waals surface area contributed by atoms with E-state index in [1.165, 1.54) is 7.11 Å². The lowest BCUT2D eigenvalue weighted by atomic mass is 9.83. The van der Waals surface area contributed by atoms with Crippen LogP contribution in [-0.4, -0.2) is 87.8 Å². The molecule has 2 aromatic heterocycles. The fourth-order valence-electron chi connectivity index (χ4n) is 7.84. The third kappa shape index (κ3) is 12.4. The van der Waals surface area contributed by atoms with E-state index in [1.807, 2.05) is 133 Å². The van der Waals surface area contributed by atoms with Gasteiger partial charge in [0, 0.05) is 30.0 Å². The van der Waals surface area contributed by atoms with E-state index in [0.29, 0.717) is 25.8 Å². The van der Waals surface area contributed by atoms with Crippen LogP contribution in [-0.2, 0) is 33.7 Å². The average molecular weight is 820 g/mol. The van der Waals surface area contributed by atoms with Gasteiger partial charge >= 0.3 is 12.1 Å². The number of hydrogen-bond acceptors (Lipinski definition) is 8. The number of aromatic nitrogens is 2. The van der Waals surface area contributed by atoms with Crippen LogP contribution in [0.5, 0.6) is 0 Å². The van der Waals surface area contributed by atoms with Crippen LogP contribution >= 0.6 is 0 Å². The molecule has 0 saturated carbocycles. The zero-order chi connectivity index (χ0) is 43.4. The van der Waals surface area contributed by atoms with Crippen molar-refractivity contribution in [2.24, 2.45) is 17.3 Å². The number of nitrogens with one attached hydrogen (secondary N) is 4. The fraction of sp³-hybridized carbons (Fsp3) is 0.447. The molecule has 0 radical (unpaired) electrons. The molecule has 60 heavy (non-hydrogen) atoms. The lowest BCUT2D eigenvalue weighted by molar-refractivity contribution is -0.130. The van der Waals surface area contributed by atoms with Crippen LogP contribution in [0.1, 0.15) is 70.0 Å². The highest BCUT2D eigenvalue weighted by atomic mass is 16.5. The number of hydrogen-bond donors (Lipinski definition) is 5. The van der Waals surface area contributed by atoms with Gasteiger partial charge in [-0.2, -0.15) is 0 Å². The Kier molecular flexibility index (Phi) is 15.8. The fourth-order valence-corrected chi connectivity index (χ4v) is 7.84. The second-order valence-electron chi connectivity index (χ2n) is 16.9. The first-order valence-corrected chi connectivity index (χ1v) is 20.8. The van der Waals surface area contributed by atoms with E-state index < -0.39 is 53.6 Å². The van der Waals surface area contributed by atoms with Crippen molar-refractivity contribution >= 4 is 23.9 Å². The molecule has 3 heterocycles. The lowest BCUT2D eigenvalue weighted by Gasteiger charge is -2.36. The number of aliphatic hydroxyl groups excluding tert-OH is 1. The molecule has 0 bridgehead atoms. The van der Waals surface area contributed by atoms with Crippen LogP contribution in [0.4, 0.5) is 9.59 Å². The number of methoxy groups -OCH3 is 1. The predicted octanol–water partition coefficient (Wildman–Crippen LogP) is 5.98. The van der Waals surface area contributed by atoms with Gasteiger partial charge in [-0.1, -0.05) is 108 Å². The van der Waals surface area contributed by atoms with Crippen molar-refractivity contribution in [3.05, 3.63) is 120 Å². The summed E-state index contributed by atoms with van der Waals surface area (Å²) in [5.41, 5.74) is 4.46.